The van der Waals surface area contributed by atoms with Gasteiger partial charge < -0.3 is 26.4 Å². The Kier molecular flexibility index (Phi) is 7.96. The number of nitrogens with two attached hydrogens (primary N) is 1. The molecule has 2 aliphatic rings. The number of rotatable bonds is 7. The molecule has 1 saturated heterocycles. The molecule has 42 heavy (non-hydrogen) atoms. The van der Waals surface area contributed by atoms with Gasteiger partial charge in [-0.15, -0.1) is 0 Å². The molecule has 11 heteroatoms. The van der Waals surface area contributed by atoms with Crippen molar-refractivity contribution in [3.63, 3.8) is 0 Å². The van der Waals surface area contributed by atoms with Crippen molar-refractivity contribution in [1.29, 1.82) is 0 Å². The van der Waals surface area contributed by atoms with Gasteiger partial charge in [-0.1, -0.05) is 62.2 Å². The van der Waals surface area contributed by atoms with Crippen LogP contribution in [0.3, 0.4) is 0 Å². The minimum absolute atomic E-state index is 0.109. The number of ether oxygens (including phenoxy) is 1. The van der Waals surface area contributed by atoms with Crippen LogP contribution in [0.25, 0.3) is 0 Å². The molecule has 5 rings (SSSR count). The minimum Gasteiger partial charge on any atom is -0.484 e. The Hall–Kier alpha value is -3.66. The zero-order valence-corrected chi connectivity index (χ0v) is 24.8. The summed E-state index contributed by atoms with van der Waals surface area (Å²) in [5.41, 5.74) is 5.27. The normalized spacial score (nSPS) is 23.0. The zero-order chi connectivity index (χ0) is 30.4. The number of hydrogen-bond donors (Lipinski definition) is 4. The highest BCUT2D eigenvalue weighted by atomic mass is 35.5. The van der Waals surface area contributed by atoms with E-state index >= 15 is 4.39 Å². The molecule has 0 aliphatic carbocycles. The molecule has 2 heterocycles. The molecule has 4 atom stereocenters. The van der Waals surface area contributed by atoms with Crippen LogP contribution in [0.2, 0.25) is 10.0 Å². The topological polar surface area (TPSA) is 123 Å². The number of hydrogen-bond acceptors (Lipinski definition) is 5. The summed E-state index contributed by atoms with van der Waals surface area (Å²) in [5, 5.41) is 9.61. The minimum atomic E-state index is -1.35. The first-order chi connectivity index (χ1) is 19.8. The number of fused-ring (bicyclic) bond motifs is 2. The fourth-order valence-corrected chi connectivity index (χ4v) is 6.52. The van der Waals surface area contributed by atoms with Gasteiger partial charge in [-0.25, -0.2) is 4.39 Å². The van der Waals surface area contributed by atoms with Gasteiger partial charge in [-0.3, -0.25) is 14.4 Å². The van der Waals surface area contributed by atoms with Crippen LogP contribution in [-0.4, -0.2) is 36.4 Å². The number of primary amides is 1. The second-order valence-corrected chi connectivity index (χ2v) is 12.7. The van der Waals surface area contributed by atoms with Gasteiger partial charge in [-0.05, 0) is 65.4 Å². The molecular formula is C31H31Cl2FN4O4. The lowest BCUT2D eigenvalue weighted by Gasteiger charge is -2.37. The highest BCUT2D eigenvalue weighted by Crippen LogP contribution is 2.57. The van der Waals surface area contributed by atoms with Crippen LogP contribution in [-0.2, 0) is 19.8 Å². The number of anilines is 2. The molecular weight excluding hydrogens is 582 g/mol. The summed E-state index contributed by atoms with van der Waals surface area (Å²) in [6.45, 7) is 5.85. The average Bonchev–Trinajstić information content (AvgIpc) is 3.38. The van der Waals surface area contributed by atoms with Crippen molar-refractivity contribution in [3.8, 4) is 5.75 Å². The number of carbonyl (C=O) groups is 3. The van der Waals surface area contributed by atoms with Crippen molar-refractivity contribution in [2.75, 3.05) is 17.2 Å². The highest BCUT2D eigenvalue weighted by Gasteiger charge is 2.66. The van der Waals surface area contributed by atoms with Crippen LogP contribution in [0.1, 0.15) is 44.2 Å². The van der Waals surface area contributed by atoms with Crippen LogP contribution in [0.5, 0.6) is 5.75 Å². The number of amides is 3. The number of halogens is 3. The van der Waals surface area contributed by atoms with E-state index in [0.29, 0.717) is 34.1 Å². The Bertz CT molecular complexity index is 1560. The fourth-order valence-electron chi connectivity index (χ4n) is 6.16. The molecule has 3 aromatic rings. The van der Waals surface area contributed by atoms with E-state index in [1.807, 2.05) is 20.8 Å². The van der Waals surface area contributed by atoms with Gasteiger partial charge in [0.2, 0.25) is 11.8 Å². The van der Waals surface area contributed by atoms with Crippen molar-refractivity contribution in [3.05, 3.63) is 87.7 Å². The number of benzene rings is 3. The lowest BCUT2D eigenvalue weighted by molar-refractivity contribution is -0.122. The molecule has 0 saturated carbocycles. The van der Waals surface area contributed by atoms with Crippen LogP contribution in [0, 0.1) is 11.2 Å². The maximum absolute atomic E-state index is 15.9. The Morgan fingerprint density at radius 3 is 2.48 bits per heavy atom. The van der Waals surface area contributed by atoms with Gasteiger partial charge in [0.15, 0.2) is 6.61 Å². The molecule has 8 nitrogen and oxygen atoms in total. The first kappa shape index (κ1) is 29.8. The third kappa shape index (κ3) is 5.44. The quantitative estimate of drug-likeness (QED) is 0.285. The highest BCUT2D eigenvalue weighted by molar-refractivity contribution is 6.31. The van der Waals surface area contributed by atoms with E-state index < -0.39 is 41.0 Å². The molecule has 4 unspecified atom stereocenters. The van der Waals surface area contributed by atoms with E-state index in [1.54, 1.807) is 54.6 Å². The van der Waals surface area contributed by atoms with Gasteiger partial charge in [0.25, 0.3) is 5.91 Å². The van der Waals surface area contributed by atoms with Crippen LogP contribution >= 0.6 is 23.2 Å². The number of nitrogens with one attached hydrogen (secondary N) is 3. The van der Waals surface area contributed by atoms with Crippen molar-refractivity contribution in [2.45, 2.75) is 50.6 Å². The van der Waals surface area contributed by atoms with Crippen molar-refractivity contribution in [2.24, 2.45) is 11.1 Å². The summed E-state index contributed by atoms with van der Waals surface area (Å²) in [6, 6.07) is 14.6. The van der Waals surface area contributed by atoms with E-state index in [-0.39, 0.29) is 28.5 Å². The monoisotopic (exact) mass is 612 g/mol. The molecule has 1 spiro atoms. The molecule has 220 valence electrons. The van der Waals surface area contributed by atoms with E-state index in [0.717, 1.165) is 0 Å². The molecule has 1 fully saturated rings. The molecule has 3 aromatic carbocycles. The summed E-state index contributed by atoms with van der Waals surface area (Å²) in [4.78, 5) is 39.3. The van der Waals surface area contributed by atoms with Gasteiger partial charge in [0.1, 0.15) is 17.0 Å². The van der Waals surface area contributed by atoms with Gasteiger partial charge in [0.05, 0.1) is 11.1 Å². The van der Waals surface area contributed by atoms with E-state index in [9.17, 15) is 14.4 Å². The van der Waals surface area contributed by atoms with Crippen molar-refractivity contribution >= 4 is 52.3 Å². The van der Waals surface area contributed by atoms with E-state index in [4.69, 9.17) is 33.7 Å². The standard InChI is InChI=1S/C31H31Cl2FN4O4/c1-30(2,3)14-23-31(20-12-7-16(32)13-22(20)37-29(31)41)25(19-5-4-6-21(33)26(19)34)27(38-23)28(40)36-17-8-10-18(11-9-17)42-15-24(35)39/h4-13,23,25,27,38H,14-15H2,1-3H3,(H2,35,39)(H,36,40)(H,37,41). The Morgan fingerprint density at radius 1 is 1.10 bits per heavy atom. The molecule has 3 amide bonds. The molecule has 5 N–H and O–H groups in total. The van der Waals surface area contributed by atoms with Crippen LogP contribution in [0.15, 0.2) is 60.7 Å². The fraction of sp³-hybridized carbons (Fsp3) is 0.323. The Balaban J connectivity index is 1.62. The van der Waals surface area contributed by atoms with Crippen molar-refractivity contribution < 1.29 is 23.5 Å². The summed E-state index contributed by atoms with van der Waals surface area (Å²) < 4.78 is 21.2. The Labute approximate surface area is 253 Å². The maximum atomic E-state index is 15.9. The first-order valence-electron chi connectivity index (χ1n) is 13.4. The third-order valence-corrected chi connectivity index (χ3v) is 8.25. The summed E-state index contributed by atoms with van der Waals surface area (Å²) in [6.07, 6.45) is 0.497. The first-order valence-corrected chi connectivity index (χ1v) is 14.2. The van der Waals surface area contributed by atoms with E-state index in [2.05, 4.69) is 16.0 Å². The largest absolute Gasteiger partial charge is 0.484 e. The SMILES string of the molecule is CC(C)(C)CC1NC(C(=O)Nc2ccc(OCC(N)=O)cc2)C(c2cccc(Cl)c2F)C12C(=O)Nc1cc(Cl)ccc12. The van der Waals surface area contributed by atoms with Gasteiger partial charge in [-0.2, -0.15) is 0 Å². The molecule has 0 bridgehead atoms. The lowest BCUT2D eigenvalue weighted by Crippen LogP contribution is -2.49. The lowest BCUT2D eigenvalue weighted by atomic mass is 9.62. The zero-order valence-electron chi connectivity index (χ0n) is 23.3. The summed E-state index contributed by atoms with van der Waals surface area (Å²) in [7, 11) is 0. The smallest absolute Gasteiger partial charge is 0.255 e. The van der Waals surface area contributed by atoms with Crippen LogP contribution in [0.4, 0.5) is 15.8 Å². The third-order valence-electron chi connectivity index (χ3n) is 7.72. The average molecular weight is 614 g/mol. The summed E-state index contributed by atoms with van der Waals surface area (Å²) in [5.74, 6) is -2.69. The summed E-state index contributed by atoms with van der Waals surface area (Å²) >= 11 is 12.5. The van der Waals surface area contributed by atoms with E-state index in [1.165, 1.54) is 6.07 Å². The second kappa shape index (κ2) is 11.2. The molecule has 2 aliphatic heterocycles. The van der Waals surface area contributed by atoms with Crippen LogP contribution < -0.4 is 26.4 Å². The second-order valence-electron chi connectivity index (χ2n) is 11.9. The van der Waals surface area contributed by atoms with Crippen molar-refractivity contribution in [1.82, 2.24) is 5.32 Å². The van der Waals surface area contributed by atoms with Gasteiger partial charge in [0, 0.05) is 28.4 Å². The predicted octanol–water partition coefficient (Wildman–Crippen LogP) is 5.39. The molecule has 0 radical (unpaired) electrons. The van der Waals surface area contributed by atoms with Gasteiger partial charge >= 0.3 is 0 Å². The molecule has 0 aromatic heterocycles. The predicted molar refractivity (Wildman–Crippen MR) is 160 cm³/mol. The maximum Gasteiger partial charge on any atom is 0.255 e. The number of carbonyl (C=O) groups excluding carboxylic acids is 3. The Morgan fingerprint density at radius 2 is 1.81 bits per heavy atom.